The minimum atomic E-state index is 0.237. The summed E-state index contributed by atoms with van der Waals surface area (Å²) in [6.45, 7) is 8.20. The van der Waals surface area contributed by atoms with Crippen LogP contribution >= 0.6 is 0 Å². The summed E-state index contributed by atoms with van der Waals surface area (Å²) < 4.78 is 0. The lowest BCUT2D eigenvalue weighted by Gasteiger charge is -2.61. The average molecular weight is 422 g/mol. The van der Waals surface area contributed by atoms with Crippen LogP contribution in [0.3, 0.4) is 0 Å². The first kappa shape index (κ1) is 21.5. The number of likely N-dealkylation sites (N-methyl/N-ethyl adjacent to an activating group) is 1. The molecule has 170 valence electrons. The van der Waals surface area contributed by atoms with Gasteiger partial charge in [0.25, 0.3) is 0 Å². The summed E-state index contributed by atoms with van der Waals surface area (Å²) in [4.78, 5) is 15.7. The van der Waals surface area contributed by atoms with Crippen molar-refractivity contribution in [3.63, 3.8) is 0 Å². The lowest BCUT2D eigenvalue weighted by Crippen LogP contribution is -2.54. The molecule has 4 aliphatic carbocycles. The largest absolute Gasteiger partial charge is 0.367 e. The highest BCUT2D eigenvalue weighted by atomic mass is 16.1. The van der Waals surface area contributed by atoms with Gasteiger partial charge in [0, 0.05) is 18.7 Å². The molecule has 31 heavy (non-hydrogen) atoms. The van der Waals surface area contributed by atoms with E-state index in [2.05, 4.69) is 57.0 Å². The Morgan fingerprint density at radius 1 is 0.935 bits per heavy atom. The molecule has 0 N–H and O–H groups in total. The van der Waals surface area contributed by atoms with Crippen molar-refractivity contribution < 1.29 is 4.79 Å². The van der Waals surface area contributed by atoms with Gasteiger partial charge in [-0.1, -0.05) is 45.4 Å². The van der Waals surface area contributed by atoms with E-state index in [9.17, 15) is 4.79 Å². The van der Waals surface area contributed by atoms with Gasteiger partial charge in [-0.3, -0.25) is 4.79 Å². The van der Waals surface area contributed by atoms with Crippen LogP contribution in [-0.4, -0.2) is 19.4 Å². The molecule has 5 rings (SSSR count). The zero-order chi connectivity index (χ0) is 21.8. The number of fused-ring (bicyclic) bond motifs is 5. The van der Waals surface area contributed by atoms with E-state index in [4.69, 9.17) is 0 Å². The summed E-state index contributed by atoms with van der Waals surface area (Å²) in [5.41, 5.74) is 1.96. The Balaban J connectivity index is 1.31. The number of para-hydroxylation sites is 1. The van der Waals surface area contributed by atoms with Crippen molar-refractivity contribution in [3.8, 4) is 0 Å². The SMILES string of the molecule is CC1CCC2(C)C(CCC3C2CCC2(C)C(C(=O)CN(C)c4ccccc4)CCC32)C1. The number of benzene rings is 1. The molecule has 0 amide bonds. The van der Waals surface area contributed by atoms with E-state index in [0.717, 1.165) is 41.7 Å². The normalized spacial score (nSPS) is 44.1. The fraction of sp³-hybridized carbons (Fsp3) is 0.759. The highest BCUT2D eigenvalue weighted by Gasteiger charge is 2.60. The summed E-state index contributed by atoms with van der Waals surface area (Å²) in [5, 5.41) is 0. The molecule has 0 spiro atoms. The smallest absolute Gasteiger partial charge is 0.155 e. The number of rotatable bonds is 4. The molecular formula is C29H43NO. The Labute approximate surface area is 190 Å². The van der Waals surface area contributed by atoms with E-state index in [1.165, 1.54) is 51.4 Å². The number of carbonyl (C=O) groups is 1. The van der Waals surface area contributed by atoms with Crippen LogP contribution in [0.4, 0.5) is 5.69 Å². The first-order valence-electron chi connectivity index (χ1n) is 13.1. The lowest BCUT2D eigenvalue weighted by atomic mass is 9.44. The number of nitrogens with zero attached hydrogens (tertiary/aromatic N) is 1. The molecule has 0 bridgehead atoms. The van der Waals surface area contributed by atoms with Crippen LogP contribution in [0.25, 0.3) is 0 Å². The van der Waals surface area contributed by atoms with Crippen LogP contribution < -0.4 is 4.90 Å². The van der Waals surface area contributed by atoms with Crippen molar-refractivity contribution in [2.75, 3.05) is 18.5 Å². The highest BCUT2D eigenvalue weighted by molar-refractivity contribution is 5.86. The summed E-state index contributed by atoms with van der Waals surface area (Å²) in [7, 11) is 2.07. The van der Waals surface area contributed by atoms with Gasteiger partial charge >= 0.3 is 0 Å². The zero-order valence-corrected chi connectivity index (χ0v) is 20.3. The highest BCUT2D eigenvalue weighted by Crippen LogP contribution is 2.67. The van der Waals surface area contributed by atoms with E-state index >= 15 is 0 Å². The van der Waals surface area contributed by atoms with E-state index in [0.29, 0.717) is 17.7 Å². The standard InChI is InChI=1S/C29H43NO/c1-20-14-16-28(2)21(18-20)10-11-23-24-12-13-26(29(24,3)17-15-25(23)28)27(31)19-30(4)22-8-6-5-7-9-22/h5-9,20-21,23-26H,10-19H2,1-4H3. The van der Waals surface area contributed by atoms with Gasteiger partial charge in [0.1, 0.15) is 0 Å². The van der Waals surface area contributed by atoms with Crippen molar-refractivity contribution in [2.24, 2.45) is 46.3 Å². The number of anilines is 1. The molecule has 4 aliphatic rings. The minimum absolute atomic E-state index is 0.237. The van der Waals surface area contributed by atoms with Crippen LogP contribution in [0, 0.1) is 46.3 Å². The molecular weight excluding hydrogens is 378 g/mol. The van der Waals surface area contributed by atoms with Gasteiger partial charge in [0.05, 0.1) is 6.54 Å². The van der Waals surface area contributed by atoms with Gasteiger partial charge in [-0.15, -0.1) is 0 Å². The van der Waals surface area contributed by atoms with Crippen LogP contribution in [0.15, 0.2) is 30.3 Å². The zero-order valence-electron chi connectivity index (χ0n) is 20.3. The monoisotopic (exact) mass is 421 g/mol. The molecule has 0 radical (unpaired) electrons. The summed E-state index contributed by atoms with van der Waals surface area (Å²) in [5.74, 6) is 5.21. The van der Waals surface area contributed by atoms with E-state index in [-0.39, 0.29) is 11.3 Å². The minimum Gasteiger partial charge on any atom is -0.367 e. The maximum Gasteiger partial charge on any atom is 0.155 e. The van der Waals surface area contributed by atoms with Crippen molar-refractivity contribution in [3.05, 3.63) is 30.3 Å². The second-order valence-electron chi connectivity index (χ2n) is 12.4. The molecule has 8 unspecified atom stereocenters. The molecule has 0 aromatic heterocycles. The van der Waals surface area contributed by atoms with E-state index in [1.54, 1.807) is 0 Å². The Hall–Kier alpha value is -1.31. The van der Waals surface area contributed by atoms with Crippen molar-refractivity contribution >= 4 is 11.5 Å². The van der Waals surface area contributed by atoms with Crippen molar-refractivity contribution in [1.82, 2.24) is 0 Å². The van der Waals surface area contributed by atoms with Gasteiger partial charge in [-0.05, 0) is 104 Å². The fourth-order valence-electron chi connectivity index (χ4n) is 9.12. The molecule has 1 aromatic carbocycles. The molecule has 0 aliphatic heterocycles. The fourth-order valence-corrected chi connectivity index (χ4v) is 9.12. The third-order valence-electron chi connectivity index (χ3n) is 10.9. The van der Waals surface area contributed by atoms with Gasteiger partial charge in [-0.2, -0.15) is 0 Å². The maximum atomic E-state index is 13.5. The Morgan fingerprint density at radius 2 is 1.65 bits per heavy atom. The second-order valence-corrected chi connectivity index (χ2v) is 12.4. The first-order chi connectivity index (χ1) is 14.8. The average Bonchev–Trinajstić information content (AvgIpc) is 3.12. The number of carbonyl (C=O) groups excluding carboxylic acids is 1. The number of ketones is 1. The van der Waals surface area contributed by atoms with E-state index < -0.39 is 0 Å². The third kappa shape index (κ3) is 3.47. The van der Waals surface area contributed by atoms with Crippen LogP contribution in [0.1, 0.15) is 78.6 Å². The van der Waals surface area contributed by atoms with Crippen LogP contribution in [0.5, 0.6) is 0 Å². The molecule has 4 fully saturated rings. The first-order valence-corrected chi connectivity index (χ1v) is 13.1. The summed E-state index contributed by atoms with van der Waals surface area (Å²) in [6.07, 6.45) is 12.3. The molecule has 0 heterocycles. The molecule has 8 atom stereocenters. The topological polar surface area (TPSA) is 20.3 Å². The third-order valence-corrected chi connectivity index (χ3v) is 10.9. The molecule has 2 heteroatoms. The Morgan fingerprint density at radius 3 is 2.42 bits per heavy atom. The predicted octanol–water partition coefficient (Wildman–Crippen LogP) is 6.99. The summed E-state index contributed by atoms with van der Waals surface area (Å²) >= 11 is 0. The predicted molar refractivity (Wildman–Crippen MR) is 129 cm³/mol. The lowest BCUT2D eigenvalue weighted by molar-refractivity contribution is -0.135. The van der Waals surface area contributed by atoms with Crippen molar-refractivity contribution in [2.45, 2.75) is 78.6 Å². The van der Waals surface area contributed by atoms with Crippen molar-refractivity contribution in [1.29, 1.82) is 0 Å². The van der Waals surface area contributed by atoms with Crippen LogP contribution in [0.2, 0.25) is 0 Å². The number of hydrogen-bond donors (Lipinski definition) is 0. The Bertz CT molecular complexity index is 804. The molecule has 1 aromatic rings. The number of Topliss-reactive ketones (excluding diaryl/α,β-unsaturated/α-hetero) is 1. The molecule has 4 saturated carbocycles. The van der Waals surface area contributed by atoms with Crippen LogP contribution in [-0.2, 0) is 4.79 Å². The Kier molecular flexibility index (Phi) is 5.50. The quantitative estimate of drug-likeness (QED) is 0.522. The van der Waals surface area contributed by atoms with Gasteiger partial charge in [0.15, 0.2) is 5.78 Å². The second kappa shape index (κ2) is 7.92. The van der Waals surface area contributed by atoms with E-state index in [1.807, 2.05) is 6.07 Å². The van der Waals surface area contributed by atoms with Gasteiger partial charge in [0.2, 0.25) is 0 Å². The molecule has 0 saturated heterocycles. The maximum absolute atomic E-state index is 13.5. The summed E-state index contributed by atoms with van der Waals surface area (Å²) in [6, 6.07) is 10.4. The van der Waals surface area contributed by atoms with Gasteiger partial charge in [-0.25, -0.2) is 0 Å². The van der Waals surface area contributed by atoms with Gasteiger partial charge < -0.3 is 4.90 Å². The molecule has 2 nitrogen and oxygen atoms in total. The number of hydrogen-bond acceptors (Lipinski definition) is 2.